The standard InChI is InChI=1S/C19H22N4O3S3/c1-2-14-12-28-19(21-14)16(22-17(24)7-8-18-20-9-10-27-18)11-13-3-5-15(6-4-13)23-29(25)26/h3-6,9-10,12,16,23H,2,7-8,11H2,1H3,(H,22,24)(H,25,26)/p-1/t16-/m0/s1. The zero-order valence-corrected chi connectivity index (χ0v) is 18.2. The van der Waals surface area contributed by atoms with Crippen LogP contribution >= 0.6 is 22.7 Å². The highest BCUT2D eigenvalue weighted by Crippen LogP contribution is 2.24. The molecule has 1 unspecified atom stereocenters. The van der Waals surface area contributed by atoms with Crippen LogP contribution in [0.2, 0.25) is 0 Å². The molecule has 2 heterocycles. The molecule has 0 aliphatic rings. The molecule has 0 aliphatic heterocycles. The molecule has 154 valence electrons. The SMILES string of the molecule is CCc1csc([C@H](Cc2ccc(NS(=O)[O-])cc2)NC(=O)CCc2nccs2)n1. The van der Waals surface area contributed by atoms with Gasteiger partial charge in [-0.3, -0.25) is 9.00 Å². The highest BCUT2D eigenvalue weighted by atomic mass is 32.2. The van der Waals surface area contributed by atoms with Crippen LogP contribution < -0.4 is 10.0 Å². The summed E-state index contributed by atoms with van der Waals surface area (Å²) in [6.07, 6.45) is 4.13. The smallest absolute Gasteiger partial charge is 0.220 e. The van der Waals surface area contributed by atoms with Crippen molar-refractivity contribution in [3.05, 3.63) is 62.5 Å². The lowest BCUT2D eigenvalue weighted by Gasteiger charge is -2.17. The molecular formula is C19H21N4O3S3-. The molecule has 3 rings (SSSR count). The molecule has 0 spiro atoms. The molecule has 2 N–H and O–H groups in total. The van der Waals surface area contributed by atoms with Crippen molar-refractivity contribution in [1.29, 1.82) is 0 Å². The van der Waals surface area contributed by atoms with Gasteiger partial charge in [-0.15, -0.1) is 22.7 Å². The van der Waals surface area contributed by atoms with Crippen LogP contribution in [0.4, 0.5) is 5.69 Å². The molecule has 1 amide bonds. The van der Waals surface area contributed by atoms with Gasteiger partial charge in [0.15, 0.2) is 0 Å². The van der Waals surface area contributed by atoms with Gasteiger partial charge in [-0.2, -0.15) is 0 Å². The molecule has 0 fully saturated rings. The molecule has 29 heavy (non-hydrogen) atoms. The number of nitrogens with zero attached hydrogens (tertiary/aromatic N) is 2. The lowest BCUT2D eigenvalue weighted by Crippen LogP contribution is -2.30. The molecule has 2 atom stereocenters. The van der Waals surface area contributed by atoms with E-state index in [1.807, 2.05) is 29.8 Å². The fourth-order valence-electron chi connectivity index (χ4n) is 2.75. The number of anilines is 1. The third kappa shape index (κ3) is 6.70. The molecule has 7 nitrogen and oxygen atoms in total. The molecule has 0 aliphatic carbocycles. The number of carbonyl (C=O) groups excluding carboxylic acids is 1. The third-order valence-electron chi connectivity index (χ3n) is 4.21. The predicted octanol–water partition coefficient (Wildman–Crippen LogP) is 3.40. The normalized spacial score (nSPS) is 13.0. The first-order valence-electron chi connectivity index (χ1n) is 9.10. The number of aryl methyl sites for hydroxylation is 2. The van der Waals surface area contributed by atoms with E-state index in [1.165, 1.54) is 0 Å². The van der Waals surface area contributed by atoms with E-state index in [1.54, 1.807) is 41.0 Å². The summed E-state index contributed by atoms with van der Waals surface area (Å²) in [7, 11) is 0. The number of carbonyl (C=O) groups is 1. The van der Waals surface area contributed by atoms with Gasteiger partial charge in [0.2, 0.25) is 5.91 Å². The Bertz CT molecular complexity index is 942. The first-order chi connectivity index (χ1) is 14.0. The number of amides is 1. The Labute approximate surface area is 180 Å². The van der Waals surface area contributed by atoms with Crippen LogP contribution in [0.1, 0.15) is 40.7 Å². The van der Waals surface area contributed by atoms with Crippen LogP contribution in [-0.2, 0) is 35.3 Å². The Morgan fingerprint density at radius 2 is 2.07 bits per heavy atom. The van der Waals surface area contributed by atoms with E-state index in [0.717, 1.165) is 27.7 Å². The van der Waals surface area contributed by atoms with Crippen molar-refractivity contribution in [2.75, 3.05) is 4.72 Å². The van der Waals surface area contributed by atoms with E-state index >= 15 is 0 Å². The Morgan fingerprint density at radius 3 is 2.69 bits per heavy atom. The quantitative estimate of drug-likeness (QED) is 0.461. The topological polar surface area (TPSA) is 107 Å². The number of nitrogens with one attached hydrogen (secondary N) is 2. The number of aromatic nitrogens is 2. The van der Waals surface area contributed by atoms with Gasteiger partial charge >= 0.3 is 0 Å². The molecule has 0 radical (unpaired) electrons. The second-order valence-corrected chi connectivity index (χ2v) is 8.86. The molecular weight excluding hydrogens is 428 g/mol. The van der Waals surface area contributed by atoms with Crippen molar-refractivity contribution in [1.82, 2.24) is 15.3 Å². The first kappa shape index (κ1) is 21.6. The van der Waals surface area contributed by atoms with E-state index in [-0.39, 0.29) is 11.9 Å². The summed E-state index contributed by atoms with van der Waals surface area (Å²) in [5.74, 6) is -0.0431. The van der Waals surface area contributed by atoms with Crippen molar-refractivity contribution >= 4 is 45.5 Å². The van der Waals surface area contributed by atoms with E-state index in [4.69, 9.17) is 0 Å². The monoisotopic (exact) mass is 449 g/mol. The Kier molecular flexibility index (Phi) is 7.87. The summed E-state index contributed by atoms with van der Waals surface area (Å²) >= 11 is 0.730. The van der Waals surface area contributed by atoms with Crippen LogP contribution in [0.15, 0.2) is 41.2 Å². The van der Waals surface area contributed by atoms with Crippen molar-refractivity contribution in [2.24, 2.45) is 0 Å². The number of thiazole rings is 2. The maximum Gasteiger partial charge on any atom is 0.220 e. The van der Waals surface area contributed by atoms with Gasteiger partial charge in [-0.1, -0.05) is 19.1 Å². The zero-order valence-electron chi connectivity index (χ0n) is 15.8. The fraction of sp³-hybridized carbons (Fsp3) is 0.316. The minimum absolute atomic E-state index is 0.0431. The van der Waals surface area contributed by atoms with Crippen LogP contribution in [0.5, 0.6) is 0 Å². The molecule has 1 aromatic carbocycles. The summed E-state index contributed by atoms with van der Waals surface area (Å²) in [4.78, 5) is 21.4. The zero-order chi connectivity index (χ0) is 20.6. The van der Waals surface area contributed by atoms with E-state index in [2.05, 4.69) is 20.0 Å². The van der Waals surface area contributed by atoms with Gasteiger partial charge in [0.05, 0.1) is 16.7 Å². The van der Waals surface area contributed by atoms with Crippen molar-refractivity contribution in [3.63, 3.8) is 0 Å². The summed E-state index contributed by atoms with van der Waals surface area (Å²) < 4.78 is 23.8. The molecule has 3 aromatic rings. The summed E-state index contributed by atoms with van der Waals surface area (Å²) in [5.41, 5.74) is 2.48. The van der Waals surface area contributed by atoms with Gasteiger partial charge < -0.3 is 14.6 Å². The van der Waals surface area contributed by atoms with Crippen LogP contribution in [0, 0.1) is 0 Å². The molecule has 2 aromatic heterocycles. The Balaban J connectivity index is 1.68. The molecule has 0 bridgehead atoms. The van der Waals surface area contributed by atoms with Gasteiger partial charge in [0, 0.05) is 46.8 Å². The lowest BCUT2D eigenvalue weighted by molar-refractivity contribution is -0.121. The Morgan fingerprint density at radius 1 is 1.28 bits per heavy atom. The number of benzene rings is 1. The first-order valence-corrected chi connectivity index (χ1v) is 11.9. The minimum atomic E-state index is -2.35. The molecule has 0 saturated heterocycles. The van der Waals surface area contributed by atoms with Gasteiger partial charge in [-0.05, 0) is 30.5 Å². The van der Waals surface area contributed by atoms with Gasteiger partial charge in [0.1, 0.15) is 5.01 Å². The van der Waals surface area contributed by atoms with Crippen molar-refractivity contribution in [2.45, 2.75) is 38.6 Å². The maximum atomic E-state index is 12.5. The highest BCUT2D eigenvalue weighted by molar-refractivity contribution is 7.80. The van der Waals surface area contributed by atoms with Crippen LogP contribution in [-0.4, -0.2) is 24.6 Å². The predicted molar refractivity (Wildman–Crippen MR) is 115 cm³/mol. The van der Waals surface area contributed by atoms with Gasteiger partial charge in [-0.25, -0.2) is 9.97 Å². The minimum Gasteiger partial charge on any atom is -0.755 e. The number of hydrogen-bond donors (Lipinski definition) is 2. The average molecular weight is 450 g/mol. The summed E-state index contributed by atoms with van der Waals surface area (Å²) in [6, 6.07) is 6.85. The van der Waals surface area contributed by atoms with Crippen molar-refractivity contribution < 1.29 is 13.6 Å². The highest BCUT2D eigenvalue weighted by Gasteiger charge is 2.19. The third-order valence-corrected chi connectivity index (χ3v) is 6.46. The lowest BCUT2D eigenvalue weighted by atomic mass is 10.1. The summed E-state index contributed by atoms with van der Waals surface area (Å²) in [5, 5.41) is 8.83. The van der Waals surface area contributed by atoms with Crippen LogP contribution in [0.25, 0.3) is 0 Å². The average Bonchev–Trinajstić information content (AvgIpc) is 3.39. The number of rotatable bonds is 10. The van der Waals surface area contributed by atoms with Gasteiger partial charge in [0.25, 0.3) is 0 Å². The van der Waals surface area contributed by atoms with E-state index in [9.17, 15) is 13.6 Å². The second kappa shape index (κ2) is 10.6. The Hall–Kier alpha value is -2.14. The van der Waals surface area contributed by atoms with E-state index < -0.39 is 11.3 Å². The van der Waals surface area contributed by atoms with Crippen LogP contribution in [0.3, 0.4) is 0 Å². The largest absolute Gasteiger partial charge is 0.755 e. The summed E-state index contributed by atoms with van der Waals surface area (Å²) in [6.45, 7) is 2.05. The molecule has 0 saturated carbocycles. The maximum absolute atomic E-state index is 12.5. The van der Waals surface area contributed by atoms with E-state index in [0.29, 0.717) is 24.9 Å². The second-order valence-electron chi connectivity index (χ2n) is 6.31. The number of hydrogen-bond acceptors (Lipinski definition) is 7. The fourth-order valence-corrected chi connectivity index (χ4v) is 4.65. The van der Waals surface area contributed by atoms with Crippen molar-refractivity contribution in [3.8, 4) is 0 Å². The molecule has 10 heteroatoms.